The molecule has 28 heavy (non-hydrogen) atoms. The fourth-order valence-corrected chi connectivity index (χ4v) is 2.83. The van der Waals surface area contributed by atoms with Crippen LogP contribution in [0, 0.1) is 13.8 Å². The molecule has 0 radical (unpaired) electrons. The predicted octanol–water partition coefficient (Wildman–Crippen LogP) is 4.71. The zero-order valence-electron chi connectivity index (χ0n) is 17.4. The van der Waals surface area contributed by atoms with Crippen molar-refractivity contribution in [3.8, 4) is 0 Å². The molecule has 0 fully saturated rings. The van der Waals surface area contributed by atoms with Crippen LogP contribution in [-0.2, 0) is 19.1 Å². The number of nitrogens with zero attached hydrogens (tertiary/aromatic N) is 1. The lowest BCUT2D eigenvalue weighted by molar-refractivity contribution is -0.160. The SMILES string of the molecule is Cc1ccc(N(c2cccc(C)c2)C(C(=O)OC(C)C)C(=O)OC(C)C)cc1. The van der Waals surface area contributed by atoms with Crippen LogP contribution in [0.4, 0.5) is 11.4 Å². The van der Waals surface area contributed by atoms with Gasteiger partial charge in [-0.3, -0.25) is 0 Å². The lowest BCUT2D eigenvalue weighted by atomic mass is 10.1. The molecule has 0 spiro atoms. The second kappa shape index (κ2) is 9.40. The molecule has 0 aromatic heterocycles. The minimum absolute atomic E-state index is 0.348. The minimum Gasteiger partial charge on any atom is -0.461 e. The zero-order valence-corrected chi connectivity index (χ0v) is 17.4. The highest BCUT2D eigenvalue weighted by Gasteiger charge is 2.38. The summed E-state index contributed by atoms with van der Waals surface area (Å²) in [4.78, 5) is 27.6. The summed E-state index contributed by atoms with van der Waals surface area (Å²) in [5, 5.41) is 0. The Bertz CT molecular complexity index is 790. The van der Waals surface area contributed by atoms with Crippen LogP contribution < -0.4 is 4.90 Å². The molecule has 0 heterocycles. The Balaban J connectivity index is 2.60. The first-order chi connectivity index (χ1) is 13.2. The fraction of sp³-hybridized carbons (Fsp3) is 0.391. The van der Waals surface area contributed by atoms with Gasteiger partial charge in [0.15, 0.2) is 0 Å². The maximum absolute atomic E-state index is 13.0. The van der Waals surface area contributed by atoms with Crippen LogP contribution in [0.15, 0.2) is 48.5 Å². The van der Waals surface area contributed by atoms with Crippen LogP contribution in [0.2, 0.25) is 0 Å². The highest BCUT2D eigenvalue weighted by atomic mass is 16.6. The molecule has 150 valence electrons. The fourth-order valence-electron chi connectivity index (χ4n) is 2.83. The lowest BCUT2D eigenvalue weighted by Crippen LogP contribution is -2.47. The molecule has 2 aromatic rings. The molecule has 5 nitrogen and oxygen atoms in total. The van der Waals surface area contributed by atoms with Gasteiger partial charge >= 0.3 is 11.9 Å². The van der Waals surface area contributed by atoms with Crippen LogP contribution in [0.5, 0.6) is 0 Å². The van der Waals surface area contributed by atoms with Crippen molar-refractivity contribution < 1.29 is 19.1 Å². The van der Waals surface area contributed by atoms with E-state index in [2.05, 4.69) is 0 Å². The average Bonchev–Trinajstić information content (AvgIpc) is 2.59. The Hall–Kier alpha value is -2.82. The zero-order chi connectivity index (χ0) is 20.8. The van der Waals surface area contributed by atoms with Gasteiger partial charge in [0.2, 0.25) is 6.04 Å². The molecule has 5 heteroatoms. The molecule has 0 saturated carbocycles. The molecule has 0 aliphatic heterocycles. The Labute approximate surface area is 167 Å². The summed E-state index contributed by atoms with van der Waals surface area (Å²) in [6.07, 6.45) is -0.696. The number of hydrogen-bond acceptors (Lipinski definition) is 5. The van der Waals surface area contributed by atoms with Crippen molar-refractivity contribution in [2.24, 2.45) is 0 Å². The van der Waals surface area contributed by atoms with E-state index in [4.69, 9.17) is 9.47 Å². The van der Waals surface area contributed by atoms with E-state index in [1.807, 2.05) is 62.4 Å². The lowest BCUT2D eigenvalue weighted by Gasteiger charge is -2.32. The molecule has 0 aliphatic rings. The third-order valence-corrected chi connectivity index (χ3v) is 4.00. The van der Waals surface area contributed by atoms with Gasteiger partial charge in [-0.05, 0) is 71.4 Å². The first kappa shape index (κ1) is 21.5. The van der Waals surface area contributed by atoms with Crippen molar-refractivity contribution in [1.82, 2.24) is 0 Å². The normalized spacial score (nSPS) is 11.0. The van der Waals surface area contributed by atoms with E-state index in [1.54, 1.807) is 32.6 Å². The van der Waals surface area contributed by atoms with Crippen molar-refractivity contribution in [2.45, 2.75) is 59.8 Å². The molecule has 0 aliphatic carbocycles. The number of aryl methyl sites for hydroxylation is 2. The quantitative estimate of drug-likeness (QED) is 0.512. The summed E-state index contributed by atoms with van der Waals surface area (Å²) in [5.41, 5.74) is 3.53. The van der Waals surface area contributed by atoms with Crippen LogP contribution in [0.3, 0.4) is 0 Å². The Morgan fingerprint density at radius 2 is 1.29 bits per heavy atom. The molecule has 0 atom stereocenters. The minimum atomic E-state index is -1.24. The van der Waals surface area contributed by atoms with E-state index in [0.717, 1.165) is 16.8 Å². The van der Waals surface area contributed by atoms with Crippen molar-refractivity contribution in [1.29, 1.82) is 0 Å². The summed E-state index contributed by atoms with van der Waals surface area (Å²) in [5.74, 6) is -1.27. The number of ether oxygens (including phenoxy) is 2. The van der Waals surface area contributed by atoms with Crippen LogP contribution in [0.25, 0.3) is 0 Å². The van der Waals surface area contributed by atoms with E-state index < -0.39 is 18.0 Å². The van der Waals surface area contributed by atoms with Crippen LogP contribution in [-0.4, -0.2) is 30.2 Å². The molecular weight excluding hydrogens is 354 g/mol. The Kier molecular flexibility index (Phi) is 7.21. The Morgan fingerprint density at radius 3 is 1.75 bits per heavy atom. The van der Waals surface area contributed by atoms with E-state index in [9.17, 15) is 9.59 Å². The number of rotatable bonds is 7. The maximum Gasteiger partial charge on any atom is 0.341 e. The molecule has 0 saturated heterocycles. The van der Waals surface area contributed by atoms with Gasteiger partial charge in [-0.2, -0.15) is 0 Å². The molecule has 0 unspecified atom stereocenters. The van der Waals surface area contributed by atoms with E-state index in [1.165, 1.54) is 0 Å². The molecular formula is C23H29NO4. The van der Waals surface area contributed by atoms with Gasteiger partial charge in [0, 0.05) is 11.4 Å². The van der Waals surface area contributed by atoms with Crippen molar-refractivity contribution in [3.05, 3.63) is 59.7 Å². The molecule has 0 N–H and O–H groups in total. The van der Waals surface area contributed by atoms with Crippen LogP contribution in [0.1, 0.15) is 38.8 Å². The average molecular weight is 383 g/mol. The summed E-state index contributed by atoms with van der Waals surface area (Å²) >= 11 is 0. The van der Waals surface area contributed by atoms with Crippen LogP contribution >= 0.6 is 0 Å². The number of carbonyl (C=O) groups is 2. The second-order valence-corrected chi connectivity index (χ2v) is 7.42. The Morgan fingerprint density at radius 1 is 0.750 bits per heavy atom. The number of carbonyl (C=O) groups excluding carboxylic acids is 2. The van der Waals surface area contributed by atoms with Gasteiger partial charge in [0.1, 0.15) is 0 Å². The van der Waals surface area contributed by atoms with Crippen molar-refractivity contribution >= 4 is 23.3 Å². The summed E-state index contributed by atoms with van der Waals surface area (Å²) in [6.45, 7) is 11.0. The first-order valence-electron chi connectivity index (χ1n) is 9.52. The number of anilines is 2. The standard InChI is InChI=1S/C23H29NO4/c1-15(2)27-22(25)21(23(26)28-16(3)4)24(19-12-10-17(5)11-13-19)20-9-7-8-18(6)14-20/h7-16,21H,1-6H3. The monoisotopic (exact) mass is 383 g/mol. The highest BCUT2D eigenvalue weighted by Crippen LogP contribution is 2.30. The maximum atomic E-state index is 13.0. The smallest absolute Gasteiger partial charge is 0.341 e. The van der Waals surface area contributed by atoms with E-state index >= 15 is 0 Å². The van der Waals surface area contributed by atoms with Crippen molar-refractivity contribution in [3.63, 3.8) is 0 Å². The second-order valence-electron chi connectivity index (χ2n) is 7.42. The van der Waals surface area contributed by atoms with Crippen molar-refractivity contribution in [2.75, 3.05) is 4.90 Å². The van der Waals surface area contributed by atoms with Gasteiger partial charge in [0.25, 0.3) is 0 Å². The topological polar surface area (TPSA) is 55.8 Å². The first-order valence-corrected chi connectivity index (χ1v) is 9.52. The predicted molar refractivity (Wildman–Crippen MR) is 111 cm³/mol. The summed E-state index contributed by atoms with van der Waals surface area (Å²) < 4.78 is 10.8. The third kappa shape index (κ3) is 5.59. The molecule has 0 amide bonds. The van der Waals surface area contributed by atoms with Gasteiger partial charge < -0.3 is 14.4 Å². The largest absolute Gasteiger partial charge is 0.461 e. The molecule has 2 aromatic carbocycles. The third-order valence-electron chi connectivity index (χ3n) is 4.00. The van der Waals surface area contributed by atoms with Gasteiger partial charge in [0.05, 0.1) is 12.2 Å². The van der Waals surface area contributed by atoms with E-state index in [-0.39, 0.29) is 12.2 Å². The number of benzene rings is 2. The summed E-state index contributed by atoms with van der Waals surface area (Å²) in [6, 6.07) is 14.1. The van der Waals surface area contributed by atoms with Gasteiger partial charge in [-0.15, -0.1) is 0 Å². The summed E-state index contributed by atoms with van der Waals surface area (Å²) in [7, 11) is 0. The highest BCUT2D eigenvalue weighted by molar-refractivity contribution is 6.04. The van der Waals surface area contributed by atoms with Gasteiger partial charge in [-0.25, -0.2) is 9.59 Å². The molecule has 0 bridgehead atoms. The molecule has 2 rings (SSSR count). The number of hydrogen-bond donors (Lipinski definition) is 0. The number of esters is 2. The van der Waals surface area contributed by atoms with Gasteiger partial charge in [-0.1, -0.05) is 29.8 Å². The van der Waals surface area contributed by atoms with E-state index in [0.29, 0.717) is 5.69 Å².